The molecule has 0 radical (unpaired) electrons. The summed E-state index contributed by atoms with van der Waals surface area (Å²) in [5.41, 5.74) is 3.26. The molecular weight excluding hydrogens is 261 g/mol. The molecule has 1 aromatic heterocycles. The van der Waals surface area contributed by atoms with Gasteiger partial charge in [0, 0.05) is 22.8 Å². The van der Waals surface area contributed by atoms with Crippen molar-refractivity contribution in [1.29, 1.82) is 0 Å². The predicted molar refractivity (Wildman–Crippen MR) is 77.2 cm³/mol. The highest BCUT2D eigenvalue weighted by Crippen LogP contribution is 2.24. The number of fused-ring (bicyclic) bond motifs is 1. The zero-order chi connectivity index (χ0) is 13.4. The number of rotatable bonds is 2. The molecule has 0 saturated heterocycles. The summed E-state index contributed by atoms with van der Waals surface area (Å²) in [5, 5.41) is 1.68. The molecule has 1 heterocycles. The van der Waals surface area contributed by atoms with Crippen LogP contribution in [0.15, 0.2) is 48.5 Å². The maximum Gasteiger partial charge on any atom is 0.124 e. The maximum atomic E-state index is 13.1. The number of halogens is 2. The molecule has 3 heteroatoms. The standard InChI is InChI=1S/C16H13ClFN/c1-11-8-12-4-2-3-5-16(12)19(11)10-13-6-7-14(18)9-15(13)17/h2-9H,10H2,1H3. The summed E-state index contributed by atoms with van der Waals surface area (Å²) < 4.78 is 15.3. The number of hydrogen-bond acceptors (Lipinski definition) is 0. The van der Waals surface area contributed by atoms with Crippen molar-refractivity contribution in [2.24, 2.45) is 0 Å². The monoisotopic (exact) mass is 273 g/mol. The third kappa shape index (κ3) is 2.24. The molecule has 0 amide bonds. The highest BCUT2D eigenvalue weighted by Gasteiger charge is 2.08. The van der Waals surface area contributed by atoms with Crippen LogP contribution in [0.4, 0.5) is 4.39 Å². The van der Waals surface area contributed by atoms with E-state index in [0.717, 1.165) is 5.56 Å². The predicted octanol–water partition coefficient (Wildman–Crippen LogP) is 4.79. The number of nitrogens with zero attached hydrogens (tertiary/aromatic N) is 1. The van der Waals surface area contributed by atoms with Crippen LogP contribution in [-0.4, -0.2) is 4.57 Å². The average Bonchev–Trinajstić information content (AvgIpc) is 2.69. The van der Waals surface area contributed by atoms with Crippen molar-refractivity contribution in [1.82, 2.24) is 4.57 Å². The molecule has 0 N–H and O–H groups in total. The molecule has 0 bridgehead atoms. The molecule has 19 heavy (non-hydrogen) atoms. The van der Waals surface area contributed by atoms with E-state index in [-0.39, 0.29) is 5.82 Å². The van der Waals surface area contributed by atoms with Gasteiger partial charge in [-0.3, -0.25) is 0 Å². The van der Waals surface area contributed by atoms with Gasteiger partial charge < -0.3 is 4.57 Å². The van der Waals surface area contributed by atoms with E-state index in [9.17, 15) is 4.39 Å². The van der Waals surface area contributed by atoms with E-state index in [1.807, 2.05) is 12.1 Å². The molecule has 0 aliphatic heterocycles. The van der Waals surface area contributed by atoms with Crippen molar-refractivity contribution in [3.8, 4) is 0 Å². The summed E-state index contributed by atoms with van der Waals surface area (Å²) in [4.78, 5) is 0. The molecule has 2 aromatic carbocycles. The number of aromatic nitrogens is 1. The van der Waals surface area contributed by atoms with Crippen LogP contribution in [0.5, 0.6) is 0 Å². The molecule has 0 spiro atoms. The summed E-state index contributed by atoms with van der Waals surface area (Å²) in [5.74, 6) is -0.303. The van der Waals surface area contributed by atoms with Gasteiger partial charge in [-0.25, -0.2) is 4.39 Å². The summed E-state index contributed by atoms with van der Waals surface area (Å²) >= 11 is 6.10. The Morgan fingerprint density at radius 2 is 1.89 bits per heavy atom. The Morgan fingerprint density at radius 3 is 2.68 bits per heavy atom. The lowest BCUT2D eigenvalue weighted by Crippen LogP contribution is -2.02. The van der Waals surface area contributed by atoms with Crippen molar-refractivity contribution >= 4 is 22.5 Å². The first-order valence-corrected chi connectivity index (χ1v) is 6.52. The Kier molecular flexibility index (Phi) is 3.03. The minimum atomic E-state index is -0.303. The summed E-state index contributed by atoms with van der Waals surface area (Å²) in [6, 6.07) is 14.9. The van der Waals surface area contributed by atoms with E-state index in [1.54, 1.807) is 6.07 Å². The Balaban J connectivity index is 2.08. The van der Waals surface area contributed by atoms with Crippen LogP contribution in [0.3, 0.4) is 0 Å². The van der Waals surface area contributed by atoms with Gasteiger partial charge in [-0.15, -0.1) is 0 Å². The first-order valence-electron chi connectivity index (χ1n) is 6.14. The van der Waals surface area contributed by atoms with Crippen molar-refractivity contribution in [3.05, 3.63) is 70.6 Å². The van der Waals surface area contributed by atoms with Crippen LogP contribution in [0.25, 0.3) is 10.9 Å². The van der Waals surface area contributed by atoms with Crippen molar-refractivity contribution in [3.63, 3.8) is 0 Å². The molecule has 0 fully saturated rings. The first-order chi connectivity index (χ1) is 9.15. The number of aryl methyl sites for hydroxylation is 1. The van der Waals surface area contributed by atoms with Gasteiger partial charge in [-0.1, -0.05) is 35.9 Å². The second kappa shape index (κ2) is 4.71. The second-order valence-corrected chi connectivity index (χ2v) is 5.07. The van der Waals surface area contributed by atoms with E-state index in [4.69, 9.17) is 11.6 Å². The normalized spacial score (nSPS) is 11.1. The minimum Gasteiger partial charge on any atom is -0.340 e. The average molecular weight is 274 g/mol. The fourth-order valence-electron chi connectivity index (χ4n) is 2.38. The highest BCUT2D eigenvalue weighted by atomic mass is 35.5. The molecule has 0 atom stereocenters. The van der Waals surface area contributed by atoms with Crippen LogP contribution in [0, 0.1) is 12.7 Å². The van der Waals surface area contributed by atoms with Crippen LogP contribution in [-0.2, 0) is 6.54 Å². The van der Waals surface area contributed by atoms with Gasteiger partial charge in [0.25, 0.3) is 0 Å². The van der Waals surface area contributed by atoms with Crippen molar-refractivity contribution in [2.45, 2.75) is 13.5 Å². The molecule has 3 rings (SSSR count). The summed E-state index contributed by atoms with van der Waals surface area (Å²) in [6.07, 6.45) is 0. The number of para-hydroxylation sites is 1. The molecular formula is C16H13ClFN. The van der Waals surface area contributed by atoms with Crippen molar-refractivity contribution < 1.29 is 4.39 Å². The quantitative estimate of drug-likeness (QED) is 0.633. The van der Waals surface area contributed by atoms with E-state index in [1.165, 1.54) is 28.7 Å². The summed E-state index contributed by atoms with van der Waals surface area (Å²) in [6.45, 7) is 2.72. The van der Waals surface area contributed by atoms with E-state index >= 15 is 0 Å². The minimum absolute atomic E-state index is 0.303. The smallest absolute Gasteiger partial charge is 0.124 e. The molecule has 0 aliphatic rings. The number of benzene rings is 2. The molecule has 0 aliphatic carbocycles. The van der Waals surface area contributed by atoms with Crippen LogP contribution in [0.2, 0.25) is 5.02 Å². The highest BCUT2D eigenvalue weighted by molar-refractivity contribution is 6.31. The van der Waals surface area contributed by atoms with Gasteiger partial charge in [0.2, 0.25) is 0 Å². The molecule has 1 nitrogen and oxygen atoms in total. The lowest BCUT2D eigenvalue weighted by Gasteiger charge is -2.10. The zero-order valence-corrected chi connectivity index (χ0v) is 11.3. The summed E-state index contributed by atoms with van der Waals surface area (Å²) in [7, 11) is 0. The van der Waals surface area contributed by atoms with E-state index in [2.05, 4.69) is 29.7 Å². The zero-order valence-electron chi connectivity index (χ0n) is 10.5. The van der Waals surface area contributed by atoms with Gasteiger partial charge >= 0.3 is 0 Å². The van der Waals surface area contributed by atoms with E-state index in [0.29, 0.717) is 11.6 Å². The second-order valence-electron chi connectivity index (χ2n) is 4.67. The molecule has 3 aromatic rings. The third-order valence-corrected chi connectivity index (χ3v) is 3.71. The van der Waals surface area contributed by atoms with Crippen LogP contribution in [0.1, 0.15) is 11.3 Å². The Morgan fingerprint density at radius 1 is 1.11 bits per heavy atom. The van der Waals surface area contributed by atoms with Gasteiger partial charge in [0.15, 0.2) is 0 Å². The Bertz CT molecular complexity index is 746. The SMILES string of the molecule is Cc1cc2ccccc2n1Cc1ccc(F)cc1Cl. The van der Waals surface area contributed by atoms with Crippen LogP contribution >= 0.6 is 11.6 Å². The number of hydrogen-bond donors (Lipinski definition) is 0. The topological polar surface area (TPSA) is 4.93 Å². The van der Waals surface area contributed by atoms with Crippen LogP contribution < -0.4 is 0 Å². The van der Waals surface area contributed by atoms with Crippen molar-refractivity contribution in [2.75, 3.05) is 0 Å². The lowest BCUT2D eigenvalue weighted by molar-refractivity contribution is 0.626. The first kappa shape index (κ1) is 12.2. The van der Waals surface area contributed by atoms with Gasteiger partial charge in [0.05, 0.1) is 0 Å². The lowest BCUT2D eigenvalue weighted by atomic mass is 10.2. The Hall–Kier alpha value is -1.80. The van der Waals surface area contributed by atoms with Gasteiger partial charge in [0.1, 0.15) is 5.82 Å². The van der Waals surface area contributed by atoms with Gasteiger partial charge in [-0.2, -0.15) is 0 Å². The fourth-order valence-corrected chi connectivity index (χ4v) is 2.61. The Labute approximate surface area is 116 Å². The molecule has 0 unspecified atom stereocenters. The molecule has 0 saturated carbocycles. The third-order valence-electron chi connectivity index (χ3n) is 3.36. The fraction of sp³-hybridized carbons (Fsp3) is 0.125. The van der Waals surface area contributed by atoms with E-state index < -0.39 is 0 Å². The largest absolute Gasteiger partial charge is 0.340 e. The maximum absolute atomic E-state index is 13.1. The van der Waals surface area contributed by atoms with Gasteiger partial charge in [-0.05, 0) is 42.1 Å². The molecule has 96 valence electrons.